The Morgan fingerprint density at radius 1 is 1.32 bits per heavy atom. The fourth-order valence-electron chi connectivity index (χ4n) is 2.23. The fraction of sp³-hybridized carbons (Fsp3) is 0.400. The lowest BCUT2D eigenvalue weighted by molar-refractivity contribution is 0.409. The molecule has 1 unspecified atom stereocenters. The fourth-order valence-corrected chi connectivity index (χ4v) is 3.84. The Hall–Kier alpha value is -0.560. The summed E-state index contributed by atoms with van der Waals surface area (Å²) in [6.07, 6.45) is 1.92. The summed E-state index contributed by atoms with van der Waals surface area (Å²) >= 11 is 7.06. The molecule has 122 valence electrons. The molecule has 1 aromatic heterocycles. The van der Waals surface area contributed by atoms with Crippen molar-refractivity contribution in [1.82, 2.24) is 15.1 Å². The van der Waals surface area contributed by atoms with Crippen LogP contribution >= 0.6 is 44.3 Å². The van der Waals surface area contributed by atoms with Gasteiger partial charge in [0.2, 0.25) is 0 Å². The first-order valence-corrected chi connectivity index (χ1v) is 8.26. The van der Waals surface area contributed by atoms with Crippen LogP contribution in [0.5, 0.6) is 5.75 Å². The average molecular weight is 454 g/mol. The van der Waals surface area contributed by atoms with Gasteiger partial charge in [-0.05, 0) is 63.4 Å². The Bertz CT molecular complexity index is 623. The van der Waals surface area contributed by atoms with Gasteiger partial charge in [0.05, 0.1) is 22.3 Å². The molecule has 4 nitrogen and oxygen atoms in total. The maximum absolute atomic E-state index is 5.32. The molecule has 0 aliphatic heterocycles. The highest BCUT2D eigenvalue weighted by Crippen LogP contribution is 2.34. The van der Waals surface area contributed by atoms with Gasteiger partial charge in [-0.2, -0.15) is 5.10 Å². The van der Waals surface area contributed by atoms with Crippen LogP contribution in [-0.2, 0) is 13.6 Å². The second-order valence-corrected chi connectivity index (χ2v) is 6.71. The normalized spacial score (nSPS) is 11.9. The van der Waals surface area contributed by atoms with E-state index in [-0.39, 0.29) is 18.4 Å². The third-order valence-electron chi connectivity index (χ3n) is 3.61. The summed E-state index contributed by atoms with van der Waals surface area (Å²) in [5.41, 5.74) is 3.60. The first-order chi connectivity index (χ1) is 9.93. The van der Waals surface area contributed by atoms with Gasteiger partial charge in [-0.15, -0.1) is 12.4 Å². The molecular weight excluding hydrogens is 433 g/mol. The van der Waals surface area contributed by atoms with E-state index in [1.807, 2.05) is 17.9 Å². The highest BCUT2D eigenvalue weighted by Gasteiger charge is 2.13. The molecule has 1 heterocycles. The van der Waals surface area contributed by atoms with Crippen LogP contribution < -0.4 is 10.1 Å². The Morgan fingerprint density at radius 2 is 1.91 bits per heavy atom. The van der Waals surface area contributed by atoms with Gasteiger partial charge < -0.3 is 10.1 Å². The van der Waals surface area contributed by atoms with Crippen molar-refractivity contribution in [2.75, 3.05) is 7.11 Å². The van der Waals surface area contributed by atoms with E-state index in [0.717, 1.165) is 21.2 Å². The quantitative estimate of drug-likeness (QED) is 0.723. The second kappa shape index (κ2) is 8.34. The monoisotopic (exact) mass is 451 g/mol. The largest absolute Gasteiger partial charge is 0.494 e. The van der Waals surface area contributed by atoms with Gasteiger partial charge in [0, 0.05) is 30.9 Å². The number of aryl methyl sites for hydroxylation is 1. The van der Waals surface area contributed by atoms with E-state index in [4.69, 9.17) is 4.74 Å². The summed E-state index contributed by atoms with van der Waals surface area (Å²) in [7, 11) is 3.62. The zero-order valence-electron chi connectivity index (χ0n) is 13.0. The molecule has 0 aliphatic rings. The number of nitrogens with zero attached hydrogens (tertiary/aromatic N) is 2. The number of hydrogen-bond donors (Lipinski definition) is 1. The minimum atomic E-state index is 0. The highest BCUT2D eigenvalue weighted by atomic mass is 79.9. The summed E-state index contributed by atoms with van der Waals surface area (Å²) in [6.45, 7) is 5.01. The van der Waals surface area contributed by atoms with Gasteiger partial charge in [-0.1, -0.05) is 0 Å². The molecule has 0 saturated carbocycles. The molecule has 1 N–H and O–H groups in total. The molecule has 2 rings (SSSR count). The van der Waals surface area contributed by atoms with Gasteiger partial charge in [-0.3, -0.25) is 4.68 Å². The van der Waals surface area contributed by atoms with Crippen LogP contribution in [0, 0.1) is 6.92 Å². The first kappa shape index (κ1) is 19.5. The lowest BCUT2D eigenvalue weighted by Gasteiger charge is -2.15. The van der Waals surface area contributed by atoms with Crippen molar-refractivity contribution in [2.24, 2.45) is 7.05 Å². The molecule has 0 aliphatic carbocycles. The zero-order valence-corrected chi connectivity index (χ0v) is 17.0. The maximum Gasteiger partial charge on any atom is 0.147 e. The molecule has 1 aromatic carbocycles. The van der Waals surface area contributed by atoms with E-state index in [2.05, 4.69) is 68.3 Å². The maximum atomic E-state index is 5.32. The van der Waals surface area contributed by atoms with Crippen LogP contribution in [0.1, 0.15) is 29.8 Å². The predicted molar refractivity (Wildman–Crippen MR) is 98.8 cm³/mol. The molecule has 2 aromatic rings. The van der Waals surface area contributed by atoms with Crippen molar-refractivity contribution in [3.63, 3.8) is 0 Å². The van der Waals surface area contributed by atoms with Crippen LogP contribution in [0.4, 0.5) is 0 Å². The minimum Gasteiger partial charge on any atom is -0.494 e. The average Bonchev–Trinajstić information content (AvgIpc) is 2.76. The van der Waals surface area contributed by atoms with E-state index in [0.29, 0.717) is 0 Å². The second-order valence-electron chi connectivity index (χ2n) is 5.00. The van der Waals surface area contributed by atoms with Crippen molar-refractivity contribution in [3.8, 4) is 5.75 Å². The van der Waals surface area contributed by atoms with Crippen molar-refractivity contribution in [3.05, 3.63) is 44.1 Å². The Morgan fingerprint density at radius 3 is 2.36 bits per heavy atom. The van der Waals surface area contributed by atoms with Gasteiger partial charge in [-0.25, -0.2) is 0 Å². The number of ether oxygens (including phenoxy) is 1. The number of hydrogen-bond acceptors (Lipinski definition) is 3. The summed E-state index contributed by atoms with van der Waals surface area (Å²) < 4.78 is 9.11. The number of halogens is 3. The third-order valence-corrected chi connectivity index (χ3v) is 4.79. The number of methoxy groups -OCH3 is 1. The zero-order chi connectivity index (χ0) is 15.6. The van der Waals surface area contributed by atoms with Crippen molar-refractivity contribution in [2.45, 2.75) is 26.4 Å². The van der Waals surface area contributed by atoms with Crippen LogP contribution in [-0.4, -0.2) is 16.9 Å². The van der Waals surface area contributed by atoms with Crippen LogP contribution in [0.15, 0.2) is 27.3 Å². The predicted octanol–water partition coefficient (Wildman–Crippen LogP) is 4.53. The minimum absolute atomic E-state index is 0. The van der Waals surface area contributed by atoms with E-state index in [1.165, 1.54) is 16.8 Å². The first-order valence-electron chi connectivity index (χ1n) is 6.67. The molecule has 0 saturated heterocycles. The molecule has 0 radical (unpaired) electrons. The van der Waals surface area contributed by atoms with Gasteiger partial charge in [0.1, 0.15) is 5.75 Å². The Balaban J connectivity index is 0.00000242. The third kappa shape index (κ3) is 4.25. The van der Waals surface area contributed by atoms with E-state index in [9.17, 15) is 0 Å². The molecular formula is C15H20Br2ClN3O. The van der Waals surface area contributed by atoms with Gasteiger partial charge in [0.25, 0.3) is 0 Å². The van der Waals surface area contributed by atoms with Crippen LogP contribution in [0.3, 0.4) is 0 Å². The molecule has 22 heavy (non-hydrogen) atoms. The molecule has 0 fully saturated rings. The molecule has 1 atom stereocenters. The van der Waals surface area contributed by atoms with Gasteiger partial charge >= 0.3 is 0 Å². The smallest absolute Gasteiger partial charge is 0.147 e. The lowest BCUT2D eigenvalue weighted by Crippen LogP contribution is -2.18. The molecule has 0 amide bonds. The van der Waals surface area contributed by atoms with E-state index >= 15 is 0 Å². The SMILES string of the molecule is COc1c(Br)cc(CNC(C)c2cnn(C)c2C)cc1Br.Cl. The van der Waals surface area contributed by atoms with Crippen molar-refractivity contribution < 1.29 is 4.74 Å². The Kier molecular flexibility index (Phi) is 7.38. The molecule has 0 spiro atoms. The molecule has 7 heteroatoms. The van der Waals surface area contributed by atoms with E-state index < -0.39 is 0 Å². The van der Waals surface area contributed by atoms with Crippen molar-refractivity contribution in [1.29, 1.82) is 0 Å². The summed E-state index contributed by atoms with van der Waals surface area (Å²) in [6, 6.07) is 4.39. The van der Waals surface area contributed by atoms with Crippen molar-refractivity contribution >= 4 is 44.3 Å². The summed E-state index contributed by atoms with van der Waals surface area (Å²) in [5, 5.41) is 7.81. The summed E-state index contributed by atoms with van der Waals surface area (Å²) in [4.78, 5) is 0. The van der Waals surface area contributed by atoms with Gasteiger partial charge in [0.15, 0.2) is 0 Å². The Labute approximate surface area is 154 Å². The lowest BCUT2D eigenvalue weighted by atomic mass is 10.1. The standard InChI is InChI=1S/C15H19Br2N3O.ClH/c1-9(12-8-19-20(3)10(12)2)18-7-11-5-13(16)15(21-4)14(17)6-11;/h5-6,8-9,18H,7H2,1-4H3;1H. The molecule has 0 bridgehead atoms. The number of rotatable bonds is 5. The summed E-state index contributed by atoms with van der Waals surface area (Å²) in [5.74, 6) is 0.815. The highest BCUT2D eigenvalue weighted by molar-refractivity contribution is 9.11. The number of nitrogens with one attached hydrogen (secondary N) is 1. The topological polar surface area (TPSA) is 39.1 Å². The number of benzene rings is 1. The van der Waals surface area contributed by atoms with Crippen LogP contribution in [0.2, 0.25) is 0 Å². The van der Waals surface area contributed by atoms with Crippen LogP contribution in [0.25, 0.3) is 0 Å². The van der Waals surface area contributed by atoms with E-state index in [1.54, 1.807) is 7.11 Å². The number of aromatic nitrogens is 2.